The first-order valence-electron chi connectivity index (χ1n) is 6.80. The number of benzene rings is 2. The van der Waals surface area contributed by atoms with E-state index in [-0.39, 0.29) is 11.5 Å². The van der Waals surface area contributed by atoms with E-state index >= 15 is 0 Å². The molecule has 1 heterocycles. The minimum absolute atomic E-state index is 0.175. The number of nitrogens with zero attached hydrogens (tertiary/aromatic N) is 3. The van der Waals surface area contributed by atoms with E-state index in [4.69, 9.17) is 11.6 Å². The van der Waals surface area contributed by atoms with Crippen LogP contribution in [-0.4, -0.2) is 20.9 Å². The van der Waals surface area contributed by atoms with E-state index in [1.807, 2.05) is 0 Å². The van der Waals surface area contributed by atoms with E-state index < -0.39 is 5.91 Å². The SMILES string of the molecule is Cc1c(C(=O)Nc2ccccc2Cl)nnn1-c1ccc(F)cc1. The predicted molar refractivity (Wildman–Crippen MR) is 85.5 cm³/mol. The number of amides is 1. The van der Waals surface area contributed by atoms with Crippen molar-refractivity contribution in [3.63, 3.8) is 0 Å². The van der Waals surface area contributed by atoms with Gasteiger partial charge in [0.05, 0.1) is 22.1 Å². The first-order valence-corrected chi connectivity index (χ1v) is 7.18. The smallest absolute Gasteiger partial charge is 0.278 e. The maximum absolute atomic E-state index is 13.0. The Balaban J connectivity index is 1.88. The van der Waals surface area contributed by atoms with Crippen molar-refractivity contribution in [3.8, 4) is 5.69 Å². The molecule has 0 saturated heterocycles. The number of anilines is 1. The first-order chi connectivity index (χ1) is 11.1. The molecule has 0 spiro atoms. The van der Waals surface area contributed by atoms with E-state index in [9.17, 15) is 9.18 Å². The Hall–Kier alpha value is -2.73. The number of halogens is 2. The van der Waals surface area contributed by atoms with Gasteiger partial charge in [-0.05, 0) is 43.3 Å². The fraction of sp³-hybridized carbons (Fsp3) is 0.0625. The van der Waals surface area contributed by atoms with Crippen LogP contribution in [0.4, 0.5) is 10.1 Å². The van der Waals surface area contributed by atoms with E-state index in [2.05, 4.69) is 15.6 Å². The number of hydrogen-bond acceptors (Lipinski definition) is 3. The van der Waals surface area contributed by atoms with Gasteiger partial charge in [-0.25, -0.2) is 9.07 Å². The van der Waals surface area contributed by atoms with Crippen LogP contribution in [0.2, 0.25) is 5.02 Å². The molecule has 0 aliphatic carbocycles. The summed E-state index contributed by atoms with van der Waals surface area (Å²) in [6.45, 7) is 1.71. The molecule has 23 heavy (non-hydrogen) atoms. The third-order valence-corrected chi connectivity index (χ3v) is 3.63. The van der Waals surface area contributed by atoms with Crippen LogP contribution >= 0.6 is 11.6 Å². The zero-order valence-corrected chi connectivity index (χ0v) is 12.9. The third-order valence-electron chi connectivity index (χ3n) is 3.30. The van der Waals surface area contributed by atoms with Crippen LogP contribution in [0.1, 0.15) is 16.2 Å². The lowest BCUT2D eigenvalue weighted by molar-refractivity contribution is 0.102. The quantitative estimate of drug-likeness (QED) is 0.798. The maximum Gasteiger partial charge on any atom is 0.278 e. The summed E-state index contributed by atoms with van der Waals surface area (Å²) in [5.41, 5.74) is 1.83. The standard InChI is InChI=1S/C16H12ClFN4O/c1-10-15(16(23)19-14-5-3-2-4-13(14)17)20-21-22(10)12-8-6-11(18)7-9-12/h2-9H,1H3,(H,19,23). The van der Waals surface area contributed by atoms with E-state index in [1.165, 1.54) is 16.8 Å². The van der Waals surface area contributed by atoms with Crippen LogP contribution in [-0.2, 0) is 0 Å². The molecular formula is C16H12ClFN4O. The van der Waals surface area contributed by atoms with Gasteiger partial charge in [-0.3, -0.25) is 4.79 Å². The molecule has 0 unspecified atom stereocenters. The minimum atomic E-state index is -0.413. The number of carbonyl (C=O) groups is 1. The highest BCUT2D eigenvalue weighted by Gasteiger charge is 2.18. The molecule has 0 saturated carbocycles. The number of para-hydroxylation sites is 1. The molecule has 116 valence electrons. The zero-order valence-electron chi connectivity index (χ0n) is 12.1. The Morgan fingerprint density at radius 3 is 2.57 bits per heavy atom. The zero-order chi connectivity index (χ0) is 16.4. The average molecular weight is 331 g/mol. The second-order valence-corrected chi connectivity index (χ2v) is 5.25. The molecule has 0 aliphatic heterocycles. The largest absolute Gasteiger partial charge is 0.319 e. The van der Waals surface area contributed by atoms with Gasteiger partial charge in [0.1, 0.15) is 5.82 Å². The Morgan fingerprint density at radius 2 is 1.87 bits per heavy atom. The summed E-state index contributed by atoms with van der Waals surface area (Å²) in [6, 6.07) is 12.7. The molecule has 5 nitrogen and oxygen atoms in total. The van der Waals surface area contributed by atoms with Gasteiger partial charge in [0, 0.05) is 0 Å². The number of hydrogen-bond donors (Lipinski definition) is 1. The van der Waals surface area contributed by atoms with Gasteiger partial charge < -0.3 is 5.32 Å². The molecular weight excluding hydrogens is 319 g/mol. The van der Waals surface area contributed by atoms with Crippen LogP contribution in [0, 0.1) is 12.7 Å². The van der Waals surface area contributed by atoms with Gasteiger partial charge in [0.2, 0.25) is 0 Å². The van der Waals surface area contributed by atoms with E-state index in [0.717, 1.165) is 0 Å². The molecule has 1 amide bonds. The van der Waals surface area contributed by atoms with E-state index in [1.54, 1.807) is 43.3 Å². The van der Waals surface area contributed by atoms with E-state index in [0.29, 0.717) is 22.1 Å². The number of aromatic nitrogens is 3. The number of carbonyl (C=O) groups excluding carboxylic acids is 1. The summed E-state index contributed by atoms with van der Waals surface area (Å²) in [5.74, 6) is -0.757. The highest BCUT2D eigenvalue weighted by Crippen LogP contribution is 2.21. The van der Waals surface area contributed by atoms with Crippen LogP contribution < -0.4 is 5.32 Å². The highest BCUT2D eigenvalue weighted by atomic mass is 35.5. The van der Waals surface area contributed by atoms with Crippen molar-refractivity contribution in [3.05, 3.63) is 70.8 Å². The fourth-order valence-electron chi connectivity index (χ4n) is 2.11. The lowest BCUT2D eigenvalue weighted by atomic mass is 10.2. The van der Waals surface area contributed by atoms with Crippen LogP contribution in [0.3, 0.4) is 0 Å². The summed E-state index contributed by atoms with van der Waals surface area (Å²) in [5, 5.41) is 11.0. The molecule has 0 aliphatic rings. The van der Waals surface area contributed by atoms with Crippen molar-refractivity contribution in [2.24, 2.45) is 0 Å². The summed E-state index contributed by atoms with van der Waals surface area (Å²) < 4.78 is 14.5. The highest BCUT2D eigenvalue weighted by molar-refractivity contribution is 6.33. The summed E-state index contributed by atoms with van der Waals surface area (Å²) in [7, 11) is 0. The number of rotatable bonds is 3. The predicted octanol–water partition coefficient (Wildman–Crippen LogP) is 3.62. The van der Waals surface area contributed by atoms with Gasteiger partial charge in [0.15, 0.2) is 5.69 Å². The van der Waals surface area contributed by atoms with Crippen molar-refractivity contribution in [1.29, 1.82) is 0 Å². The van der Waals surface area contributed by atoms with Crippen LogP contribution in [0.25, 0.3) is 5.69 Å². The lowest BCUT2D eigenvalue weighted by Crippen LogP contribution is -2.14. The first kappa shape index (κ1) is 15.2. The summed E-state index contributed by atoms with van der Waals surface area (Å²) >= 11 is 6.02. The van der Waals surface area contributed by atoms with Gasteiger partial charge in [-0.15, -0.1) is 5.10 Å². The van der Waals surface area contributed by atoms with Crippen LogP contribution in [0.5, 0.6) is 0 Å². The van der Waals surface area contributed by atoms with Crippen LogP contribution in [0.15, 0.2) is 48.5 Å². The van der Waals surface area contributed by atoms with Crippen molar-refractivity contribution in [2.45, 2.75) is 6.92 Å². The molecule has 3 aromatic rings. The average Bonchev–Trinajstić information content (AvgIpc) is 2.92. The van der Waals surface area contributed by atoms with Gasteiger partial charge in [-0.1, -0.05) is 28.9 Å². The Labute approximate surface area is 136 Å². The second kappa shape index (κ2) is 6.18. The molecule has 3 rings (SSSR count). The lowest BCUT2D eigenvalue weighted by Gasteiger charge is -2.06. The summed E-state index contributed by atoms with van der Waals surface area (Å²) in [6.07, 6.45) is 0. The maximum atomic E-state index is 13.0. The normalized spacial score (nSPS) is 10.6. The molecule has 0 fully saturated rings. The number of nitrogens with one attached hydrogen (secondary N) is 1. The Morgan fingerprint density at radius 1 is 1.17 bits per heavy atom. The molecule has 7 heteroatoms. The molecule has 0 bridgehead atoms. The minimum Gasteiger partial charge on any atom is -0.319 e. The van der Waals surface area contributed by atoms with Gasteiger partial charge in [0.25, 0.3) is 5.91 Å². The van der Waals surface area contributed by atoms with Gasteiger partial charge in [-0.2, -0.15) is 0 Å². The van der Waals surface area contributed by atoms with Gasteiger partial charge >= 0.3 is 0 Å². The Bertz CT molecular complexity index is 861. The van der Waals surface area contributed by atoms with Crippen molar-refractivity contribution >= 4 is 23.2 Å². The topological polar surface area (TPSA) is 59.8 Å². The van der Waals surface area contributed by atoms with Crippen molar-refractivity contribution < 1.29 is 9.18 Å². The molecule has 1 N–H and O–H groups in total. The molecule has 0 atom stereocenters. The monoisotopic (exact) mass is 330 g/mol. The van der Waals surface area contributed by atoms with Crippen molar-refractivity contribution in [1.82, 2.24) is 15.0 Å². The molecule has 2 aromatic carbocycles. The third kappa shape index (κ3) is 3.07. The molecule has 0 radical (unpaired) electrons. The Kier molecular flexibility index (Phi) is 4.08. The molecule has 1 aromatic heterocycles. The second-order valence-electron chi connectivity index (χ2n) is 4.85. The summed E-state index contributed by atoms with van der Waals surface area (Å²) in [4.78, 5) is 12.3. The fourth-order valence-corrected chi connectivity index (χ4v) is 2.29. The van der Waals surface area contributed by atoms with Crippen molar-refractivity contribution in [2.75, 3.05) is 5.32 Å².